The summed E-state index contributed by atoms with van der Waals surface area (Å²) in [6.45, 7) is 3.71. The maximum atomic E-state index is 13.5. The van der Waals surface area contributed by atoms with E-state index in [1.807, 2.05) is 43.3 Å². The molecular weight excluding hydrogens is 436 g/mol. The van der Waals surface area contributed by atoms with Crippen LogP contribution in [0, 0.1) is 6.92 Å². The van der Waals surface area contributed by atoms with Crippen LogP contribution in [0.4, 0.5) is 11.4 Å². The van der Waals surface area contributed by atoms with Crippen molar-refractivity contribution < 1.29 is 17.9 Å². The maximum Gasteiger partial charge on any atom is 0.264 e. The number of carbonyl (C=O) groups is 1. The van der Waals surface area contributed by atoms with E-state index < -0.39 is 15.9 Å². The Hall–Kier alpha value is -3.32. The summed E-state index contributed by atoms with van der Waals surface area (Å²) >= 11 is 0. The van der Waals surface area contributed by atoms with Gasteiger partial charge in [-0.05, 0) is 73.9 Å². The number of rotatable bonds is 10. The van der Waals surface area contributed by atoms with Crippen molar-refractivity contribution in [3.8, 4) is 5.75 Å². The summed E-state index contributed by atoms with van der Waals surface area (Å²) in [5.74, 6) is 0.130. The highest BCUT2D eigenvalue weighted by atomic mass is 32.2. The summed E-state index contributed by atoms with van der Waals surface area (Å²) in [7, 11) is -2.46. The Morgan fingerprint density at radius 2 is 1.58 bits per heavy atom. The lowest BCUT2D eigenvalue weighted by Crippen LogP contribution is -2.38. The lowest BCUT2D eigenvalue weighted by molar-refractivity contribution is -0.114. The normalized spacial score (nSPS) is 11.1. The highest BCUT2D eigenvalue weighted by Gasteiger charge is 2.27. The molecule has 3 rings (SSSR count). The Labute approximate surface area is 196 Å². The van der Waals surface area contributed by atoms with Crippen LogP contribution in [-0.2, 0) is 21.2 Å². The molecule has 6 nitrogen and oxygen atoms in total. The standard InChI is InChI=1S/C26H30N2O4S/c1-4-5-6-21-9-11-22(12-10-21)27-26(29)19-28(23-13-7-20(2)8-14-23)33(30,31)25-17-15-24(32-3)16-18-25/h7-18H,4-6,19H2,1-3H3,(H,27,29). The molecule has 1 amide bonds. The summed E-state index contributed by atoms with van der Waals surface area (Å²) in [5.41, 5.74) is 3.25. The van der Waals surface area contributed by atoms with Crippen LogP contribution in [0.25, 0.3) is 0 Å². The van der Waals surface area contributed by atoms with Crippen molar-refractivity contribution in [3.63, 3.8) is 0 Å². The van der Waals surface area contributed by atoms with Crippen LogP contribution >= 0.6 is 0 Å². The van der Waals surface area contributed by atoms with Gasteiger partial charge in [0.05, 0.1) is 17.7 Å². The number of nitrogens with zero attached hydrogens (tertiary/aromatic N) is 1. The molecule has 0 fully saturated rings. The molecular formula is C26H30N2O4S. The first-order valence-electron chi connectivity index (χ1n) is 11.0. The Kier molecular flexibility index (Phi) is 8.11. The first kappa shape index (κ1) is 24.3. The molecule has 0 bridgehead atoms. The number of nitrogens with one attached hydrogen (secondary N) is 1. The number of amides is 1. The van der Waals surface area contributed by atoms with Crippen LogP contribution in [0.5, 0.6) is 5.75 Å². The van der Waals surface area contributed by atoms with Gasteiger partial charge in [0, 0.05) is 5.69 Å². The second kappa shape index (κ2) is 11.0. The first-order chi connectivity index (χ1) is 15.8. The molecule has 1 N–H and O–H groups in total. The quantitative estimate of drug-likeness (QED) is 0.447. The minimum absolute atomic E-state index is 0.0805. The Balaban J connectivity index is 1.83. The van der Waals surface area contributed by atoms with Crippen molar-refractivity contribution in [1.29, 1.82) is 0 Å². The van der Waals surface area contributed by atoms with E-state index in [-0.39, 0.29) is 11.4 Å². The Bertz CT molecular complexity index is 1160. The van der Waals surface area contributed by atoms with Crippen molar-refractivity contribution in [2.75, 3.05) is 23.3 Å². The third-order valence-electron chi connectivity index (χ3n) is 5.31. The summed E-state index contributed by atoms with van der Waals surface area (Å²) in [5, 5.41) is 2.81. The van der Waals surface area contributed by atoms with Gasteiger partial charge in [-0.1, -0.05) is 43.2 Å². The molecule has 7 heteroatoms. The van der Waals surface area contributed by atoms with Crippen LogP contribution in [-0.4, -0.2) is 28.0 Å². The van der Waals surface area contributed by atoms with Gasteiger partial charge in [-0.2, -0.15) is 0 Å². The predicted molar refractivity (Wildman–Crippen MR) is 132 cm³/mol. The predicted octanol–water partition coefficient (Wildman–Crippen LogP) is 5.18. The van der Waals surface area contributed by atoms with Gasteiger partial charge in [-0.25, -0.2) is 8.42 Å². The second-order valence-electron chi connectivity index (χ2n) is 7.87. The minimum atomic E-state index is -3.98. The number of hydrogen-bond acceptors (Lipinski definition) is 4. The highest BCUT2D eigenvalue weighted by molar-refractivity contribution is 7.92. The number of hydrogen-bond donors (Lipinski definition) is 1. The van der Waals surface area contributed by atoms with Crippen molar-refractivity contribution >= 4 is 27.3 Å². The van der Waals surface area contributed by atoms with Crippen LogP contribution < -0.4 is 14.4 Å². The highest BCUT2D eigenvalue weighted by Crippen LogP contribution is 2.25. The average Bonchev–Trinajstić information content (AvgIpc) is 2.83. The van der Waals surface area contributed by atoms with Gasteiger partial charge in [0.2, 0.25) is 5.91 Å². The van der Waals surface area contributed by atoms with E-state index in [9.17, 15) is 13.2 Å². The molecule has 174 valence electrons. The second-order valence-corrected chi connectivity index (χ2v) is 9.73. The maximum absolute atomic E-state index is 13.5. The number of benzene rings is 3. The molecule has 0 atom stereocenters. The molecule has 0 spiro atoms. The van der Waals surface area contributed by atoms with Gasteiger partial charge < -0.3 is 10.1 Å². The number of methoxy groups -OCH3 is 1. The number of unbranched alkanes of at least 4 members (excludes halogenated alkanes) is 1. The lowest BCUT2D eigenvalue weighted by atomic mass is 10.1. The van der Waals surface area contributed by atoms with Crippen molar-refractivity contribution in [1.82, 2.24) is 0 Å². The summed E-state index contributed by atoms with van der Waals surface area (Å²) in [4.78, 5) is 12.9. The van der Waals surface area contributed by atoms with Crippen LogP contribution in [0.1, 0.15) is 30.9 Å². The number of aryl methyl sites for hydroxylation is 2. The van der Waals surface area contributed by atoms with Crippen molar-refractivity contribution in [2.24, 2.45) is 0 Å². The minimum Gasteiger partial charge on any atom is -0.497 e. The van der Waals surface area contributed by atoms with Gasteiger partial charge in [0.1, 0.15) is 12.3 Å². The third kappa shape index (κ3) is 6.35. The molecule has 0 aromatic heterocycles. The number of ether oxygens (including phenoxy) is 1. The average molecular weight is 467 g/mol. The monoisotopic (exact) mass is 466 g/mol. The fourth-order valence-corrected chi connectivity index (χ4v) is 4.79. The van der Waals surface area contributed by atoms with Gasteiger partial charge in [0.15, 0.2) is 0 Å². The molecule has 0 unspecified atom stereocenters. The van der Waals surface area contributed by atoms with Crippen molar-refractivity contribution in [3.05, 3.63) is 83.9 Å². The molecule has 0 heterocycles. The Morgan fingerprint density at radius 1 is 0.939 bits per heavy atom. The van der Waals surface area contributed by atoms with E-state index in [1.54, 1.807) is 24.3 Å². The third-order valence-corrected chi connectivity index (χ3v) is 7.10. The smallest absolute Gasteiger partial charge is 0.264 e. The zero-order chi connectivity index (χ0) is 23.8. The lowest BCUT2D eigenvalue weighted by Gasteiger charge is -2.24. The fraction of sp³-hybridized carbons (Fsp3) is 0.269. The SMILES string of the molecule is CCCCc1ccc(NC(=O)CN(c2ccc(C)cc2)S(=O)(=O)c2ccc(OC)cc2)cc1. The molecule has 0 aliphatic rings. The fourth-order valence-electron chi connectivity index (χ4n) is 3.37. The van der Waals surface area contributed by atoms with E-state index in [2.05, 4.69) is 12.2 Å². The van der Waals surface area contributed by atoms with Crippen LogP contribution in [0.15, 0.2) is 77.7 Å². The summed E-state index contributed by atoms with van der Waals surface area (Å²) < 4.78 is 33.2. The Morgan fingerprint density at radius 3 is 2.15 bits per heavy atom. The van der Waals surface area contributed by atoms with E-state index in [0.717, 1.165) is 29.1 Å². The zero-order valence-corrected chi connectivity index (χ0v) is 20.1. The van der Waals surface area contributed by atoms with E-state index in [1.165, 1.54) is 24.8 Å². The molecule has 3 aromatic carbocycles. The topological polar surface area (TPSA) is 75.7 Å². The number of sulfonamides is 1. The van der Waals surface area contributed by atoms with Gasteiger partial charge >= 0.3 is 0 Å². The van der Waals surface area contributed by atoms with Gasteiger partial charge in [-0.3, -0.25) is 9.10 Å². The van der Waals surface area contributed by atoms with Crippen LogP contribution in [0.2, 0.25) is 0 Å². The van der Waals surface area contributed by atoms with Gasteiger partial charge in [-0.15, -0.1) is 0 Å². The number of carbonyl (C=O) groups excluding carboxylic acids is 1. The first-order valence-corrected chi connectivity index (χ1v) is 12.4. The largest absolute Gasteiger partial charge is 0.497 e. The van der Waals surface area contributed by atoms with E-state index in [0.29, 0.717) is 17.1 Å². The summed E-state index contributed by atoms with van der Waals surface area (Å²) in [6, 6.07) is 20.8. The number of anilines is 2. The van der Waals surface area contributed by atoms with Gasteiger partial charge in [0.25, 0.3) is 10.0 Å². The van der Waals surface area contributed by atoms with Crippen molar-refractivity contribution in [2.45, 2.75) is 38.0 Å². The zero-order valence-electron chi connectivity index (χ0n) is 19.2. The van der Waals surface area contributed by atoms with Crippen LogP contribution in [0.3, 0.4) is 0 Å². The van der Waals surface area contributed by atoms with E-state index >= 15 is 0 Å². The molecule has 33 heavy (non-hydrogen) atoms. The molecule has 0 aliphatic carbocycles. The molecule has 0 aliphatic heterocycles. The molecule has 0 saturated carbocycles. The van der Waals surface area contributed by atoms with E-state index in [4.69, 9.17) is 4.74 Å². The molecule has 0 saturated heterocycles. The molecule has 3 aromatic rings. The molecule has 0 radical (unpaired) electrons. The summed E-state index contributed by atoms with van der Waals surface area (Å²) in [6.07, 6.45) is 3.22.